The summed E-state index contributed by atoms with van der Waals surface area (Å²) < 4.78 is 13.4. The van der Waals surface area contributed by atoms with Crippen molar-refractivity contribution < 1.29 is 24.2 Å². The highest BCUT2D eigenvalue weighted by atomic mass is 16.5. The molecule has 5 rings (SSSR count). The van der Waals surface area contributed by atoms with Gasteiger partial charge >= 0.3 is 5.97 Å². The number of carbonyl (C=O) groups excluding carboxylic acids is 1. The van der Waals surface area contributed by atoms with Crippen molar-refractivity contribution in [2.24, 2.45) is 11.8 Å². The maximum Gasteiger partial charge on any atom is 0.306 e. The molecule has 0 amide bonds. The van der Waals surface area contributed by atoms with E-state index in [2.05, 4.69) is 43.1 Å². The van der Waals surface area contributed by atoms with Crippen LogP contribution in [0.3, 0.4) is 0 Å². The average Bonchev–Trinajstić information content (AvgIpc) is 3.18. The first-order valence-electron chi connectivity index (χ1n) is 14.9. The molecule has 0 radical (unpaired) electrons. The summed E-state index contributed by atoms with van der Waals surface area (Å²) in [7, 11) is 0. The zero-order chi connectivity index (χ0) is 27.5. The molecule has 1 N–H and O–H groups in total. The molecule has 3 aliphatic rings. The molecule has 1 unspecified atom stereocenters. The molecule has 3 aliphatic carbocycles. The van der Waals surface area contributed by atoms with Gasteiger partial charge in [0.15, 0.2) is 0 Å². The number of rotatable bonds is 11. The Morgan fingerprint density at radius 3 is 2.77 bits per heavy atom. The number of ether oxygens (including phenoxy) is 2. The van der Waals surface area contributed by atoms with Gasteiger partial charge in [-0.15, -0.1) is 0 Å². The van der Waals surface area contributed by atoms with E-state index in [0.717, 1.165) is 44.1 Å². The Morgan fingerprint density at radius 1 is 1.21 bits per heavy atom. The van der Waals surface area contributed by atoms with Gasteiger partial charge in [-0.3, -0.25) is 9.78 Å². The normalized spacial score (nSPS) is 28.5. The van der Waals surface area contributed by atoms with Crippen molar-refractivity contribution in [2.75, 3.05) is 13.2 Å². The third kappa shape index (κ3) is 5.37. The molecule has 1 saturated carbocycles. The highest BCUT2D eigenvalue weighted by molar-refractivity contribution is 5.70. The summed E-state index contributed by atoms with van der Waals surface area (Å²) in [5, 5.41) is 9.74. The molecule has 0 saturated heterocycles. The molecule has 0 bridgehead atoms. The van der Waals surface area contributed by atoms with Gasteiger partial charge < -0.3 is 19.4 Å². The van der Waals surface area contributed by atoms with Crippen LogP contribution in [0, 0.1) is 11.8 Å². The van der Waals surface area contributed by atoms with E-state index in [9.17, 15) is 14.7 Å². The first kappa shape index (κ1) is 27.8. The lowest BCUT2D eigenvalue weighted by atomic mass is 9.59. The zero-order valence-corrected chi connectivity index (χ0v) is 23.5. The first-order chi connectivity index (χ1) is 18.9. The molecular formula is C33H43NO5. The number of carboxylic acids is 1. The van der Waals surface area contributed by atoms with Crippen molar-refractivity contribution in [3.05, 3.63) is 58.9 Å². The summed E-state index contributed by atoms with van der Waals surface area (Å²) in [6.07, 6.45) is 11.9. The fraction of sp³-hybridized carbons (Fsp3) is 0.606. The molecule has 1 fully saturated rings. The van der Waals surface area contributed by atoms with Gasteiger partial charge in [-0.25, -0.2) is 0 Å². The highest BCUT2D eigenvalue weighted by Crippen LogP contribution is 2.58. The van der Waals surface area contributed by atoms with Crippen LogP contribution in [-0.4, -0.2) is 41.2 Å². The predicted molar refractivity (Wildman–Crippen MR) is 150 cm³/mol. The average molecular weight is 534 g/mol. The van der Waals surface area contributed by atoms with E-state index >= 15 is 0 Å². The van der Waals surface area contributed by atoms with Crippen molar-refractivity contribution >= 4 is 12.3 Å². The Kier molecular flexibility index (Phi) is 8.41. The van der Waals surface area contributed by atoms with Crippen molar-refractivity contribution in [3.8, 4) is 5.75 Å². The number of fused-ring (bicyclic) bond motifs is 3. The molecule has 1 aromatic carbocycles. The highest BCUT2D eigenvalue weighted by Gasteiger charge is 2.59. The van der Waals surface area contributed by atoms with Crippen LogP contribution in [0.4, 0.5) is 0 Å². The van der Waals surface area contributed by atoms with Crippen LogP contribution >= 0.6 is 0 Å². The summed E-state index contributed by atoms with van der Waals surface area (Å²) in [6.45, 7) is 5.63. The minimum absolute atomic E-state index is 0.224. The number of carbonyl (C=O) groups is 2. The largest absolute Gasteiger partial charge is 0.493 e. The van der Waals surface area contributed by atoms with E-state index in [1.54, 1.807) is 0 Å². The van der Waals surface area contributed by atoms with E-state index in [4.69, 9.17) is 9.47 Å². The summed E-state index contributed by atoms with van der Waals surface area (Å²) in [5.41, 5.74) is 4.41. The van der Waals surface area contributed by atoms with Gasteiger partial charge in [0.05, 0.1) is 18.1 Å². The van der Waals surface area contributed by atoms with Gasteiger partial charge in [-0.1, -0.05) is 38.1 Å². The number of hydrogen-bond donors (Lipinski definition) is 1. The van der Waals surface area contributed by atoms with Crippen molar-refractivity contribution in [1.29, 1.82) is 0 Å². The Balaban J connectivity index is 1.40. The standard InChI is InChI=1S/C33H43NO5/c1-23(22-38-29-14-17-34-28-11-7-8-24(2)30(28)29)20-33(39-19-6-5-18-35)21-26-9-3-4-10-27(26)32(33)15-12-25(13-16-32)31(36)37/h3-4,9-10,14,17-18,23-25H,5-8,11-13,15-16,19-22H2,1-2H3,(H,36,37)/t23-,24-,25?,32?,33?/m1/s1. The Labute approximate surface area is 232 Å². The van der Waals surface area contributed by atoms with E-state index < -0.39 is 11.6 Å². The molecule has 3 atom stereocenters. The summed E-state index contributed by atoms with van der Waals surface area (Å²) in [5.74, 6) is 0.660. The lowest BCUT2D eigenvalue weighted by molar-refractivity contribution is -0.148. The first-order valence-corrected chi connectivity index (χ1v) is 14.9. The molecule has 6 heteroatoms. The minimum atomic E-state index is -0.690. The Morgan fingerprint density at radius 2 is 2.00 bits per heavy atom. The van der Waals surface area contributed by atoms with Crippen molar-refractivity contribution in [2.45, 2.75) is 101 Å². The zero-order valence-electron chi connectivity index (χ0n) is 23.5. The maximum absolute atomic E-state index is 11.8. The molecule has 1 heterocycles. The number of aldehydes is 1. The van der Waals surface area contributed by atoms with E-state index in [-0.39, 0.29) is 17.3 Å². The van der Waals surface area contributed by atoms with Gasteiger partial charge in [0.1, 0.15) is 12.0 Å². The van der Waals surface area contributed by atoms with Gasteiger partial charge in [0.25, 0.3) is 0 Å². The van der Waals surface area contributed by atoms with Crippen LogP contribution in [0.1, 0.15) is 99.9 Å². The number of aryl methyl sites for hydroxylation is 1. The minimum Gasteiger partial charge on any atom is -0.493 e. The lowest BCUT2D eigenvalue weighted by Gasteiger charge is -2.50. The van der Waals surface area contributed by atoms with Gasteiger partial charge in [-0.2, -0.15) is 0 Å². The molecule has 0 aliphatic heterocycles. The summed E-state index contributed by atoms with van der Waals surface area (Å²) in [6, 6.07) is 10.7. The number of carboxylic acid groups (broad SMARTS) is 1. The predicted octanol–water partition coefficient (Wildman–Crippen LogP) is 6.43. The SMILES string of the molecule is C[C@@H](COc1ccnc2c1[C@H](C)CCC2)CC1(OCCCC=O)Cc2ccccc2C12CCC(C(=O)O)CC2. The van der Waals surface area contributed by atoms with E-state index in [1.807, 2.05) is 12.3 Å². The van der Waals surface area contributed by atoms with E-state index in [0.29, 0.717) is 44.8 Å². The number of aromatic nitrogens is 1. The van der Waals surface area contributed by atoms with Crippen LogP contribution in [0.5, 0.6) is 5.75 Å². The maximum atomic E-state index is 11.8. The summed E-state index contributed by atoms with van der Waals surface area (Å²) in [4.78, 5) is 27.5. The van der Waals surface area contributed by atoms with Gasteiger partial charge in [0.2, 0.25) is 0 Å². The van der Waals surface area contributed by atoms with Crippen LogP contribution in [0.15, 0.2) is 36.5 Å². The van der Waals surface area contributed by atoms with Crippen LogP contribution in [0.25, 0.3) is 0 Å². The molecule has 1 aromatic heterocycles. The van der Waals surface area contributed by atoms with Crippen molar-refractivity contribution in [1.82, 2.24) is 4.98 Å². The van der Waals surface area contributed by atoms with Crippen LogP contribution in [0.2, 0.25) is 0 Å². The smallest absolute Gasteiger partial charge is 0.306 e. The molecule has 2 aromatic rings. The summed E-state index contributed by atoms with van der Waals surface area (Å²) >= 11 is 0. The Bertz CT molecular complexity index is 1170. The quantitative estimate of drug-likeness (QED) is 0.265. The third-order valence-corrected chi connectivity index (χ3v) is 9.69. The van der Waals surface area contributed by atoms with Crippen LogP contribution in [-0.2, 0) is 32.6 Å². The lowest BCUT2D eigenvalue weighted by Crippen LogP contribution is -2.54. The molecule has 1 spiro atoms. The molecule has 210 valence electrons. The second-order valence-corrected chi connectivity index (χ2v) is 12.3. The second-order valence-electron chi connectivity index (χ2n) is 12.3. The molecule has 6 nitrogen and oxygen atoms in total. The Hall–Kier alpha value is -2.73. The monoisotopic (exact) mass is 533 g/mol. The van der Waals surface area contributed by atoms with Crippen LogP contribution < -0.4 is 4.74 Å². The molecule has 39 heavy (non-hydrogen) atoms. The number of unbranched alkanes of at least 4 members (excludes halogenated alkanes) is 1. The van der Waals surface area contributed by atoms with Gasteiger partial charge in [0, 0.05) is 42.3 Å². The fourth-order valence-corrected chi connectivity index (χ4v) is 7.82. The number of aliphatic carboxylic acids is 1. The fourth-order valence-electron chi connectivity index (χ4n) is 7.82. The molecular weight excluding hydrogens is 490 g/mol. The number of pyridine rings is 1. The van der Waals surface area contributed by atoms with E-state index in [1.165, 1.54) is 35.2 Å². The number of hydrogen-bond acceptors (Lipinski definition) is 5. The van der Waals surface area contributed by atoms with Crippen molar-refractivity contribution in [3.63, 3.8) is 0 Å². The number of benzene rings is 1. The van der Waals surface area contributed by atoms with Gasteiger partial charge in [-0.05, 0) is 86.8 Å². The second kappa shape index (κ2) is 11.8. The topological polar surface area (TPSA) is 85.7 Å². The third-order valence-electron chi connectivity index (χ3n) is 9.69. The number of nitrogens with zero attached hydrogens (tertiary/aromatic N) is 1.